The summed E-state index contributed by atoms with van der Waals surface area (Å²) in [5.41, 5.74) is 6.88. The Labute approximate surface area is 187 Å². The molecule has 3 N–H and O–H groups in total. The molecule has 0 aliphatic carbocycles. The van der Waals surface area contributed by atoms with Crippen LogP contribution in [-0.4, -0.2) is 35.0 Å². The summed E-state index contributed by atoms with van der Waals surface area (Å²) in [6, 6.07) is 18.3. The van der Waals surface area contributed by atoms with Crippen molar-refractivity contribution < 1.29 is 19.6 Å². The number of carbonyl (C=O) groups excluding carboxylic acids is 2. The highest BCUT2D eigenvalue weighted by atomic mass is 16.7. The SMILES string of the molecule is CCN(CC)Cc1cccc2c(C(C)ONC(=O)c3ccc(C(=O)NO)cc3)cccc12. The van der Waals surface area contributed by atoms with Crippen molar-refractivity contribution in [2.75, 3.05) is 13.1 Å². The number of nitrogens with one attached hydrogen (secondary N) is 2. The number of fused-ring (bicyclic) bond motifs is 1. The Morgan fingerprint density at radius 3 is 2.12 bits per heavy atom. The molecule has 0 aromatic heterocycles. The van der Waals surface area contributed by atoms with Crippen LogP contribution < -0.4 is 11.0 Å². The fourth-order valence-electron chi connectivity index (χ4n) is 3.68. The van der Waals surface area contributed by atoms with E-state index in [0.717, 1.165) is 30.6 Å². The number of nitrogens with zero attached hydrogens (tertiary/aromatic N) is 1. The predicted octanol–water partition coefficient (Wildman–Crippen LogP) is 4.22. The molecule has 0 aliphatic heterocycles. The highest BCUT2D eigenvalue weighted by molar-refractivity contribution is 5.97. The molecule has 0 fully saturated rings. The summed E-state index contributed by atoms with van der Waals surface area (Å²) in [5, 5.41) is 11.0. The number of rotatable bonds is 9. The zero-order valence-electron chi connectivity index (χ0n) is 18.6. The Morgan fingerprint density at radius 1 is 0.906 bits per heavy atom. The van der Waals surface area contributed by atoms with Crippen LogP contribution in [0.4, 0.5) is 0 Å². The normalized spacial score (nSPS) is 12.0. The van der Waals surface area contributed by atoms with Gasteiger partial charge in [-0.25, -0.2) is 11.0 Å². The van der Waals surface area contributed by atoms with Gasteiger partial charge < -0.3 is 0 Å². The van der Waals surface area contributed by atoms with Gasteiger partial charge in [0.15, 0.2) is 0 Å². The monoisotopic (exact) mass is 435 g/mol. The first kappa shape index (κ1) is 23.4. The van der Waals surface area contributed by atoms with E-state index in [2.05, 4.69) is 48.5 Å². The van der Waals surface area contributed by atoms with Gasteiger partial charge in [-0.3, -0.25) is 24.5 Å². The number of hydrogen-bond acceptors (Lipinski definition) is 5. The molecule has 1 unspecified atom stereocenters. The average molecular weight is 436 g/mol. The summed E-state index contributed by atoms with van der Waals surface area (Å²) in [4.78, 5) is 31.9. The summed E-state index contributed by atoms with van der Waals surface area (Å²) in [6.45, 7) is 9.07. The first-order valence-electron chi connectivity index (χ1n) is 10.7. The van der Waals surface area contributed by atoms with Crippen molar-refractivity contribution in [2.24, 2.45) is 0 Å². The number of hydroxylamine groups is 2. The van der Waals surface area contributed by atoms with Crippen LogP contribution in [0.15, 0.2) is 60.7 Å². The van der Waals surface area contributed by atoms with E-state index < -0.39 is 11.8 Å². The summed E-state index contributed by atoms with van der Waals surface area (Å²) in [5.74, 6) is -1.06. The van der Waals surface area contributed by atoms with Gasteiger partial charge in [-0.2, -0.15) is 0 Å². The molecule has 3 aromatic rings. The van der Waals surface area contributed by atoms with Crippen LogP contribution in [0.1, 0.15) is 58.7 Å². The van der Waals surface area contributed by atoms with Crippen molar-refractivity contribution >= 4 is 22.6 Å². The molecule has 3 aromatic carbocycles. The molecule has 0 aliphatic rings. The third kappa shape index (κ3) is 5.31. The minimum absolute atomic E-state index is 0.245. The van der Waals surface area contributed by atoms with Gasteiger partial charge in [-0.15, -0.1) is 0 Å². The van der Waals surface area contributed by atoms with Crippen molar-refractivity contribution in [1.29, 1.82) is 0 Å². The molecule has 0 bridgehead atoms. The van der Waals surface area contributed by atoms with Crippen LogP contribution in [0.2, 0.25) is 0 Å². The molecule has 0 saturated heterocycles. The van der Waals surface area contributed by atoms with E-state index >= 15 is 0 Å². The number of benzene rings is 3. The minimum atomic E-state index is -0.641. The lowest BCUT2D eigenvalue weighted by molar-refractivity contribution is -0.00831. The van der Waals surface area contributed by atoms with Crippen LogP contribution in [0.3, 0.4) is 0 Å². The lowest BCUT2D eigenvalue weighted by atomic mass is 9.97. The summed E-state index contributed by atoms with van der Waals surface area (Å²) in [6.07, 6.45) is -0.370. The van der Waals surface area contributed by atoms with E-state index in [-0.39, 0.29) is 11.7 Å². The minimum Gasteiger partial charge on any atom is -0.300 e. The van der Waals surface area contributed by atoms with Crippen LogP contribution in [-0.2, 0) is 11.4 Å². The van der Waals surface area contributed by atoms with Crippen molar-refractivity contribution in [3.05, 3.63) is 82.9 Å². The molecular weight excluding hydrogens is 406 g/mol. The number of carbonyl (C=O) groups is 2. The third-order valence-corrected chi connectivity index (χ3v) is 5.61. The molecule has 1 atom stereocenters. The first-order chi connectivity index (χ1) is 15.5. The Bertz CT molecular complexity index is 1080. The maximum atomic E-state index is 12.4. The largest absolute Gasteiger partial charge is 0.300 e. The zero-order chi connectivity index (χ0) is 23.1. The van der Waals surface area contributed by atoms with E-state index in [1.807, 2.05) is 19.1 Å². The quantitative estimate of drug-likeness (QED) is 0.346. The number of hydrogen-bond donors (Lipinski definition) is 3. The Kier molecular flexibility index (Phi) is 7.94. The second-order valence-electron chi connectivity index (χ2n) is 7.53. The Morgan fingerprint density at radius 2 is 1.50 bits per heavy atom. The molecular formula is C25H29N3O4. The predicted molar refractivity (Wildman–Crippen MR) is 123 cm³/mol. The molecule has 2 amide bonds. The van der Waals surface area contributed by atoms with Crippen LogP contribution in [0.25, 0.3) is 10.8 Å². The summed E-state index contributed by atoms with van der Waals surface area (Å²) in [7, 11) is 0. The summed E-state index contributed by atoms with van der Waals surface area (Å²) >= 11 is 0. The Hall–Kier alpha value is -3.26. The van der Waals surface area contributed by atoms with E-state index in [1.165, 1.54) is 35.2 Å². The van der Waals surface area contributed by atoms with Gasteiger partial charge in [-0.05, 0) is 66.2 Å². The summed E-state index contributed by atoms with van der Waals surface area (Å²) < 4.78 is 0. The van der Waals surface area contributed by atoms with Crippen molar-refractivity contribution in [3.63, 3.8) is 0 Å². The van der Waals surface area contributed by atoms with E-state index in [0.29, 0.717) is 5.56 Å². The maximum absolute atomic E-state index is 12.4. The van der Waals surface area contributed by atoms with Crippen LogP contribution in [0.5, 0.6) is 0 Å². The molecule has 0 heterocycles. The second kappa shape index (κ2) is 10.9. The van der Waals surface area contributed by atoms with Crippen LogP contribution in [0, 0.1) is 0 Å². The molecule has 7 heteroatoms. The van der Waals surface area contributed by atoms with E-state index in [1.54, 1.807) is 5.48 Å². The first-order valence-corrected chi connectivity index (χ1v) is 10.7. The zero-order valence-corrected chi connectivity index (χ0v) is 18.6. The topological polar surface area (TPSA) is 90.9 Å². The molecule has 0 saturated carbocycles. The van der Waals surface area contributed by atoms with Crippen LogP contribution >= 0.6 is 0 Å². The number of amides is 2. The fraction of sp³-hybridized carbons (Fsp3) is 0.280. The van der Waals surface area contributed by atoms with Crippen molar-refractivity contribution in [2.45, 2.75) is 33.4 Å². The molecule has 32 heavy (non-hydrogen) atoms. The fourth-order valence-corrected chi connectivity index (χ4v) is 3.68. The standard InChI is InChI=1S/C25H29N3O4/c1-4-28(5-2)16-20-8-6-11-23-21(9-7-10-22(20)23)17(3)32-27-25(30)19-14-12-18(13-15-19)24(29)26-31/h6-15,17,31H,4-5,16H2,1-3H3,(H,26,29)(H,27,30). The molecule has 168 valence electrons. The highest BCUT2D eigenvalue weighted by Crippen LogP contribution is 2.29. The average Bonchev–Trinajstić information content (AvgIpc) is 2.84. The Balaban J connectivity index is 1.73. The van der Waals surface area contributed by atoms with Gasteiger partial charge in [-0.1, -0.05) is 50.2 Å². The highest BCUT2D eigenvalue weighted by Gasteiger charge is 2.15. The molecule has 0 radical (unpaired) electrons. The maximum Gasteiger partial charge on any atom is 0.274 e. The van der Waals surface area contributed by atoms with Gasteiger partial charge in [0, 0.05) is 17.7 Å². The van der Waals surface area contributed by atoms with Gasteiger partial charge in [0.25, 0.3) is 11.8 Å². The van der Waals surface area contributed by atoms with Gasteiger partial charge in [0.05, 0.1) is 0 Å². The van der Waals surface area contributed by atoms with Crippen molar-refractivity contribution in [3.8, 4) is 0 Å². The second-order valence-corrected chi connectivity index (χ2v) is 7.53. The van der Waals surface area contributed by atoms with Crippen molar-refractivity contribution in [1.82, 2.24) is 15.9 Å². The molecule has 0 spiro atoms. The molecule has 3 rings (SSSR count). The lowest BCUT2D eigenvalue weighted by Crippen LogP contribution is -2.25. The lowest BCUT2D eigenvalue weighted by Gasteiger charge is -2.21. The van der Waals surface area contributed by atoms with Gasteiger partial charge in [0.2, 0.25) is 0 Å². The van der Waals surface area contributed by atoms with Gasteiger partial charge in [0.1, 0.15) is 6.10 Å². The molecule has 7 nitrogen and oxygen atoms in total. The van der Waals surface area contributed by atoms with E-state index in [4.69, 9.17) is 10.0 Å². The van der Waals surface area contributed by atoms with Gasteiger partial charge >= 0.3 is 0 Å². The van der Waals surface area contributed by atoms with E-state index in [9.17, 15) is 9.59 Å². The third-order valence-electron chi connectivity index (χ3n) is 5.61. The smallest absolute Gasteiger partial charge is 0.274 e.